The summed E-state index contributed by atoms with van der Waals surface area (Å²) in [5.41, 5.74) is 6.38. The number of nitrogen functional groups attached to an aromatic ring is 1. The van der Waals surface area contributed by atoms with Gasteiger partial charge in [0.15, 0.2) is 5.65 Å². The number of pyridine rings is 3. The van der Waals surface area contributed by atoms with E-state index < -0.39 is 23.5 Å². The third kappa shape index (κ3) is 5.74. The van der Waals surface area contributed by atoms with Crippen molar-refractivity contribution >= 4 is 53.2 Å². The van der Waals surface area contributed by atoms with Crippen molar-refractivity contribution in [2.75, 3.05) is 5.73 Å². The molecule has 0 aliphatic carbocycles. The molecule has 1 aromatic carbocycles. The van der Waals surface area contributed by atoms with Gasteiger partial charge in [0.25, 0.3) is 5.91 Å². The van der Waals surface area contributed by atoms with E-state index in [-0.39, 0.29) is 30.2 Å². The number of carbonyl (C=O) groups is 1. The zero-order chi connectivity index (χ0) is 25.3. The smallest absolute Gasteiger partial charge is 0.383 e. The van der Waals surface area contributed by atoms with Gasteiger partial charge in [-0.25, -0.2) is 14.4 Å². The van der Waals surface area contributed by atoms with E-state index in [0.29, 0.717) is 26.4 Å². The second-order valence-electron chi connectivity index (χ2n) is 7.67. The lowest BCUT2D eigenvalue weighted by Gasteiger charge is -2.24. The van der Waals surface area contributed by atoms with Gasteiger partial charge in [0.1, 0.15) is 11.6 Å². The minimum absolute atomic E-state index is 0.0579. The number of alkyl halides is 3. The first-order chi connectivity index (χ1) is 16.5. The largest absolute Gasteiger partial charge is 0.417 e. The lowest BCUT2D eigenvalue weighted by Crippen LogP contribution is -2.32. The molecular formula is C23H17BrF4N5OP. The van der Waals surface area contributed by atoms with Crippen LogP contribution >= 0.6 is 25.2 Å². The number of aromatic nitrogens is 3. The zero-order valence-electron chi connectivity index (χ0n) is 17.9. The van der Waals surface area contributed by atoms with Crippen molar-refractivity contribution in [3.8, 4) is 0 Å². The topological polar surface area (TPSA) is 85.0 Å². The van der Waals surface area contributed by atoms with Crippen LogP contribution in [0.25, 0.3) is 11.0 Å². The summed E-state index contributed by atoms with van der Waals surface area (Å²) >= 11 is 3.30. The highest BCUT2D eigenvalue weighted by Gasteiger charge is 2.31. The van der Waals surface area contributed by atoms with E-state index in [0.717, 1.165) is 12.3 Å². The van der Waals surface area contributed by atoms with Gasteiger partial charge in [0, 0.05) is 24.3 Å². The Morgan fingerprint density at radius 1 is 1.06 bits per heavy atom. The summed E-state index contributed by atoms with van der Waals surface area (Å²) in [6.07, 6.45) is -2.45. The molecule has 0 bridgehead atoms. The average Bonchev–Trinajstić information content (AvgIpc) is 2.80. The fourth-order valence-corrected chi connectivity index (χ4v) is 4.03. The highest BCUT2D eigenvalue weighted by molar-refractivity contribution is 9.10. The van der Waals surface area contributed by atoms with Crippen LogP contribution in [-0.4, -0.2) is 25.8 Å². The lowest BCUT2D eigenvalue weighted by atomic mass is 10.1. The number of benzene rings is 1. The summed E-state index contributed by atoms with van der Waals surface area (Å²) in [6.45, 7) is -0.0253. The van der Waals surface area contributed by atoms with Crippen LogP contribution in [0.3, 0.4) is 0 Å². The van der Waals surface area contributed by atoms with Crippen LogP contribution in [0.4, 0.5) is 23.4 Å². The number of hydrogen-bond acceptors (Lipinski definition) is 5. The summed E-state index contributed by atoms with van der Waals surface area (Å²) in [5.74, 6) is -0.622. The summed E-state index contributed by atoms with van der Waals surface area (Å²) < 4.78 is 52.9. The first kappa shape index (κ1) is 24.9. The number of anilines is 1. The van der Waals surface area contributed by atoms with Gasteiger partial charge >= 0.3 is 6.18 Å². The fraction of sp³-hybridized carbons (Fsp3) is 0.130. The first-order valence-corrected chi connectivity index (χ1v) is 11.5. The Hall–Kier alpha value is -3.17. The molecule has 4 aromatic rings. The first-order valence-electron chi connectivity index (χ1n) is 10.1. The highest BCUT2D eigenvalue weighted by atomic mass is 79.9. The number of hydrogen-bond donors (Lipinski definition) is 1. The SMILES string of the molecule is Nc1nc2ncc(C(=O)N(Cc3ccc(C(F)(F)F)cn3)Cc3ccc(F)cc3P)cc2cc1Br. The molecule has 180 valence electrons. The van der Waals surface area contributed by atoms with Gasteiger partial charge in [-0.3, -0.25) is 9.78 Å². The molecule has 35 heavy (non-hydrogen) atoms. The third-order valence-electron chi connectivity index (χ3n) is 5.16. The quantitative estimate of drug-likeness (QED) is 0.275. The fourth-order valence-electron chi connectivity index (χ4n) is 3.35. The summed E-state index contributed by atoms with van der Waals surface area (Å²) in [4.78, 5) is 27.2. The number of halogens is 5. The van der Waals surface area contributed by atoms with Gasteiger partial charge in [0.05, 0.1) is 27.8 Å². The zero-order valence-corrected chi connectivity index (χ0v) is 20.6. The van der Waals surface area contributed by atoms with E-state index in [1.165, 1.54) is 29.3 Å². The Bertz CT molecular complexity index is 1420. The van der Waals surface area contributed by atoms with Crippen LogP contribution in [0, 0.1) is 5.82 Å². The number of fused-ring (bicyclic) bond motifs is 1. The maximum atomic E-state index is 13.6. The van der Waals surface area contributed by atoms with Crippen molar-refractivity contribution in [3.05, 3.63) is 87.5 Å². The van der Waals surface area contributed by atoms with Crippen molar-refractivity contribution in [1.29, 1.82) is 0 Å². The summed E-state index contributed by atoms with van der Waals surface area (Å²) in [7, 11) is 2.41. The molecule has 1 atom stereocenters. The van der Waals surface area contributed by atoms with E-state index in [9.17, 15) is 22.4 Å². The molecule has 0 saturated heterocycles. The average molecular weight is 566 g/mol. The number of nitrogens with two attached hydrogens (primary N) is 1. The van der Waals surface area contributed by atoms with Crippen molar-refractivity contribution in [3.63, 3.8) is 0 Å². The molecule has 0 saturated carbocycles. The minimum atomic E-state index is -4.52. The van der Waals surface area contributed by atoms with Crippen molar-refractivity contribution < 1.29 is 22.4 Å². The predicted octanol–water partition coefficient (Wildman–Crippen LogP) is 4.87. The summed E-state index contributed by atoms with van der Waals surface area (Å²) in [6, 6.07) is 9.54. The van der Waals surface area contributed by atoms with Gasteiger partial charge < -0.3 is 10.6 Å². The van der Waals surface area contributed by atoms with Gasteiger partial charge in [-0.05, 0) is 63.2 Å². The monoisotopic (exact) mass is 565 g/mol. The third-order valence-corrected chi connectivity index (χ3v) is 6.33. The van der Waals surface area contributed by atoms with Gasteiger partial charge in [-0.2, -0.15) is 13.2 Å². The summed E-state index contributed by atoms with van der Waals surface area (Å²) in [5, 5.41) is 1.11. The number of amides is 1. The second-order valence-corrected chi connectivity index (χ2v) is 9.14. The Morgan fingerprint density at radius 3 is 2.49 bits per heavy atom. The Labute approximate surface area is 207 Å². The second kappa shape index (κ2) is 9.83. The molecule has 3 aromatic heterocycles. The van der Waals surface area contributed by atoms with Crippen LogP contribution in [0.15, 0.2) is 59.3 Å². The Kier molecular flexibility index (Phi) is 7.00. The van der Waals surface area contributed by atoms with Crippen molar-refractivity contribution in [2.24, 2.45) is 0 Å². The molecule has 1 unspecified atom stereocenters. The molecule has 3 heterocycles. The molecule has 0 spiro atoms. The van der Waals surface area contributed by atoms with Crippen molar-refractivity contribution in [1.82, 2.24) is 19.9 Å². The Balaban J connectivity index is 1.69. The van der Waals surface area contributed by atoms with Gasteiger partial charge in [0.2, 0.25) is 0 Å². The van der Waals surface area contributed by atoms with Gasteiger partial charge in [-0.1, -0.05) is 6.07 Å². The van der Waals surface area contributed by atoms with Crippen molar-refractivity contribution in [2.45, 2.75) is 19.3 Å². The normalized spacial score (nSPS) is 11.6. The molecule has 6 nitrogen and oxygen atoms in total. The maximum absolute atomic E-state index is 13.6. The van der Waals surface area contributed by atoms with E-state index in [1.807, 2.05) is 0 Å². The Morgan fingerprint density at radius 2 is 1.83 bits per heavy atom. The predicted molar refractivity (Wildman–Crippen MR) is 130 cm³/mol. The van der Waals surface area contributed by atoms with Crippen LogP contribution in [0.1, 0.15) is 27.2 Å². The van der Waals surface area contributed by atoms with Crippen LogP contribution in [-0.2, 0) is 19.3 Å². The minimum Gasteiger partial charge on any atom is -0.383 e. The van der Waals surface area contributed by atoms with E-state index in [2.05, 4.69) is 40.1 Å². The standard InChI is InChI=1S/C23H17BrF4N5OP/c24-18-6-13-5-14(8-31-21(13)32-20(18)29)22(34)33(10-12-1-3-16(25)7-19(12)35)11-17-4-2-15(9-30-17)23(26,27)28/h1-9H,10-11,35H2,(H2,29,31,32). The molecule has 12 heteroatoms. The molecule has 1 amide bonds. The number of carbonyl (C=O) groups excluding carboxylic acids is 1. The lowest BCUT2D eigenvalue weighted by molar-refractivity contribution is -0.137. The molecule has 0 aliphatic rings. The van der Waals surface area contributed by atoms with Crippen LogP contribution in [0.2, 0.25) is 0 Å². The molecule has 0 aliphatic heterocycles. The molecular weight excluding hydrogens is 549 g/mol. The molecule has 4 rings (SSSR count). The molecule has 2 N–H and O–H groups in total. The number of nitrogens with zero attached hydrogens (tertiary/aromatic N) is 4. The van der Waals surface area contributed by atoms with Crippen LogP contribution < -0.4 is 11.0 Å². The van der Waals surface area contributed by atoms with E-state index >= 15 is 0 Å². The molecule has 0 fully saturated rings. The molecule has 0 radical (unpaired) electrons. The van der Waals surface area contributed by atoms with E-state index in [4.69, 9.17) is 5.73 Å². The van der Waals surface area contributed by atoms with Crippen LogP contribution in [0.5, 0.6) is 0 Å². The number of rotatable bonds is 5. The van der Waals surface area contributed by atoms with Gasteiger partial charge in [-0.15, -0.1) is 9.24 Å². The highest BCUT2D eigenvalue weighted by Crippen LogP contribution is 2.29. The maximum Gasteiger partial charge on any atom is 0.417 e. The van der Waals surface area contributed by atoms with E-state index in [1.54, 1.807) is 18.2 Å².